The molecule has 0 bridgehead atoms. The third-order valence-corrected chi connectivity index (χ3v) is 3.76. The fraction of sp³-hybridized carbons (Fsp3) is 0.632. The van der Waals surface area contributed by atoms with Gasteiger partial charge in [-0.05, 0) is 36.3 Å². The SMILES string of the molecule is COc1c(C)cc(CCCC(=O)OCCCO)cc1C(C)(C)C. The zero-order chi connectivity index (χ0) is 17.5. The lowest BCUT2D eigenvalue weighted by Crippen LogP contribution is -2.14. The maximum absolute atomic E-state index is 11.6. The third kappa shape index (κ3) is 6.22. The van der Waals surface area contributed by atoms with Gasteiger partial charge in [-0.15, -0.1) is 0 Å². The average molecular weight is 322 g/mol. The third-order valence-electron chi connectivity index (χ3n) is 3.76. The molecule has 0 aliphatic carbocycles. The summed E-state index contributed by atoms with van der Waals surface area (Å²) in [5, 5.41) is 8.66. The van der Waals surface area contributed by atoms with Crippen molar-refractivity contribution in [2.45, 2.75) is 58.8 Å². The molecule has 130 valence electrons. The number of methoxy groups -OCH3 is 1. The van der Waals surface area contributed by atoms with E-state index in [0.717, 1.165) is 24.2 Å². The first kappa shape index (κ1) is 19.5. The highest BCUT2D eigenvalue weighted by Crippen LogP contribution is 2.35. The van der Waals surface area contributed by atoms with E-state index in [4.69, 9.17) is 14.6 Å². The van der Waals surface area contributed by atoms with E-state index in [0.29, 0.717) is 19.4 Å². The largest absolute Gasteiger partial charge is 0.496 e. The Morgan fingerprint density at radius 1 is 1.22 bits per heavy atom. The monoisotopic (exact) mass is 322 g/mol. The number of benzene rings is 1. The number of rotatable bonds is 8. The van der Waals surface area contributed by atoms with Crippen molar-refractivity contribution < 1.29 is 19.4 Å². The first-order chi connectivity index (χ1) is 10.8. The molecule has 0 radical (unpaired) electrons. The van der Waals surface area contributed by atoms with Crippen LogP contribution in [0.2, 0.25) is 0 Å². The van der Waals surface area contributed by atoms with E-state index in [2.05, 4.69) is 39.8 Å². The molecule has 0 atom stereocenters. The van der Waals surface area contributed by atoms with Crippen LogP contribution in [0.3, 0.4) is 0 Å². The predicted octanol–water partition coefficient (Wildman–Crippen LogP) is 3.55. The molecule has 1 aromatic carbocycles. The summed E-state index contributed by atoms with van der Waals surface area (Å²) in [4.78, 5) is 11.6. The number of ether oxygens (including phenoxy) is 2. The molecule has 4 heteroatoms. The Morgan fingerprint density at radius 2 is 1.91 bits per heavy atom. The van der Waals surface area contributed by atoms with E-state index in [1.165, 1.54) is 11.1 Å². The summed E-state index contributed by atoms with van der Waals surface area (Å²) in [6.07, 6.45) is 2.50. The average Bonchev–Trinajstić information content (AvgIpc) is 2.46. The number of aliphatic hydroxyl groups is 1. The lowest BCUT2D eigenvalue weighted by Gasteiger charge is -2.24. The summed E-state index contributed by atoms with van der Waals surface area (Å²) >= 11 is 0. The molecule has 0 aliphatic heterocycles. The van der Waals surface area contributed by atoms with Gasteiger partial charge in [0, 0.05) is 25.0 Å². The number of carbonyl (C=O) groups excluding carboxylic acids is 1. The minimum absolute atomic E-state index is 0.00926. The van der Waals surface area contributed by atoms with Gasteiger partial charge in [-0.1, -0.05) is 32.9 Å². The number of aryl methyl sites for hydroxylation is 2. The smallest absolute Gasteiger partial charge is 0.305 e. The highest BCUT2D eigenvalue weighted by atomic mass is 16.5. The Bertz CT molecular complexity index is 515. The lowest BCUT2D eigenvalue weighted by molar-refractivity contribution is -0.144. The minimum atomic E-state index is -0.195. The van der Waals surface area contributed by atoms with Gasteiger partial charge >= 0.3 is 5.97 Å². The summed E-state index contributed by atoms with van der Waals surface area (Å²) in [5.41, 5.74) is 3.55. The van der Waals surface area contributed by atoms with Crippen molar-refractivity contribution in [1.29, 1.82) is 0 Å². The molecule has 0 aliphatic rings. The van der Waals surface area contributed by atoms with Gasteiger partial charge < -0.3 is 14.6 Å². The van der Waals surface area contributed by atoms with E-state index in [9.17, 15) is 4.79 Å². The van der Waals surface area contributed by atoms with E-state index in [-0.39, 0.29) is 18.0 Å². The Labute approximate surface area is 139 Å². The van der Waals surface area contributed by atoms with Crippen molar-refractivity contribution in [3.05, 3.63) is 28.8 Å². The van der Waals surface area contributed by atoms with Gasteiger partial charge in [-0.2, -0.15) is 0 Å². The Hall–Kier alpha value is -1.55. The zero-order valence-corrected chi connectivity index (χ0v) is 15.1. The molecule has 0 heterocycles. The van der Waals surface area contributed by atoms with Crippen LogP contribution in [0.15, 0.2) is 12.1 Å². The van der Waals surface area contributed by atoms with Crippen LogP contribution in [0.4, 0.5) is 0 Å². The number of hydrogen-bond acceptors (Lipinski definition) is 4. The quantitative estimate of drug-likeness (QED) is 0.587. The number of carbonyl (C=O) groups is 1. The van der Waals surface area contributed by atoms with Crippen LogP contribution in [0.1, 0.15) is 56.7 Å². The summed E-state index contributed by atoms with van der Waals surface area (Å²) < 4.78 is 10.6. The summed E-state index contributed by atoms with van der Waals surface area (Å²) in [5.74, 6) is 0.754. The second-order valence-corrected chi connectivity index (χ2v) is 6.89. The van der Waals surface area contributed by atoms with Crippen LogP contribution < -0.4 is 4.74 Å². The van der Waals surface area contributed by atoms with Gasteiger partial charge in [0.25, 0.3) is 0 Å². The molecule has 0 unspecified atom stereocenters. The molecule has 0 saturated carbocycles. The van der Waals surface area contributed by atoms with Gasteiger partial charge in [0.2, 0.25) is 0 Å². The Morgan fingerprint density at radius 3 is 2.48 bits per heavy atom. The van der Waals surface area contributed by atoms with Gasteiger partial charge in [-0.3, -0.25) is 4.79 Å². The van der Waals surface area contributed by atoms with Gasteiger partial charge in [0.15, 0.2) is 0 Å². The van der Waals surface area contributed by atoms with Crippen LogP contribution >= 0.6 is 0 Å². The number of aliphatic hydroxyl groups excluding tert-OH is 1. The van der Waals surface area contributed by atoms with E-state index in [1.807, 2.05) is 0 Å². The molecular weight excluding hydrogens is 292 g/mol. The molecule has 23 heavy (non-hydrogen) atoms. The molecule has 1 aromatic rings. The van der Waals surface area contributed by atoms with Crippen LogP contribution in [-0.4, -0.2) is 31.4 Å². The Kier molecular flexibility index (Phi) is 7.56. The standard InChI is InChI=1S/C19H30O4/c1-14-12-15(8-6-9-17(21)23-11-7-10-20)13-16(18(14)22-5)19(2,3)4/h12-13,20H,6-11H2,1-5H3. The van der Waals surface area contributed by atoms with E-state index in [1.54, 1.807) is 7.11 Å². The number of hydrogen-bond donors (Lipinski definition) is 1. The fourth-order valence-electron chi connectivity index (χ4n) is 2.58. The van der Waals surface area contributed by atoms with Crippen LogP contribution in [-0.2, 0) is 21.4 Å². The highest BCUT2D eigenvalue weighted by molar-refractivity contribution is 5.69. The van der Waals surface area contributed by atoms with Crippen molar-refractivity contribution in [3.8, 4) is 5.75 Å². The normalized spacial score (nSPS) is 11.4. The van der Waals surface area contributed by atoms with Gasteiger partial charge in [-0.25, -0.2) is 0 Å². The minimum Gasteiger partial charge on any atom is -0.496 e. The summed E-state index contributed by atoms with van der Waals surface area (Å²) in [7, 11) is 1.71. The van der Waals surface area contributed by atoms with Crippen molar-refractivity contribution >= 4 is 5.97 Å². The first-order valence-corrected chi connectivity index (χ1v) is 8.24. The molecule has 0 amide bonds. The van der Waals surface area contributed by atoms with Gasteiger partial charge in [0.05, 0.1) is 13.7 Å². The zero-order valence-electron chi connectivity index (χ0n) is 15.1. The molecule has 1 N–H and O–H groups in total. The van der Waals surface area contributed by atoms with Crippen LogP contribution in [0, 0.1) is 6.92 Å². The van der Waals surface area contributed by atoms with Crippen LogP contribution in [0.25, 0.3) is 0 Å². The molecule has 0 spiro atoms. The van der Waals surface area contributed by atoms with Crippen LogP contribution in [0.5, 0.6) is 5.75 Å². The van der Waals surface area contributed by atoms with Crippen molar-refractivity contribution in [2.75, 3.05) is 20.3 Å². The molecule has 0 aromatic heterocycles. The van der Waals surface area contributed by atoms with Crippen molar-refractivity contribution in [1.82, 2.24) is 0 Å². The van der Waals surface area contributed by atoms with Crippen molar-refractivity contribution in [2.24, 2.45) is 0 Å². The maximum Gasteiger partial charge on any atom is 0.305 e. The summed E-state index contributed by atoms with van der Waals surface area (Å²) in [6.45, 7) is 8.92. The second-order valence-electron chi connectivity index (χ2n) is 6.89. The first-order valence-electron chi connectivity index (χ1n) is 8.24. The lowest BCUT2D eigenvalue weighted by atomic mass is 9.83. The molecule has 4 nitrogen and oxygen atoms in total. The number of esters is 1. The van der Waals surface area contributed by atoms with Crippen molar-refractivity contribution in [3.63, 3.8) is 0 Å². The van der Waals surface area contributed by atoms with E-state index >= 15 is 0 Å². The highest BCUT2D eigenvalue weighted by Gasteiger charge is 2.21. The summed E-state index contributed by atoms with van der Waals surface area (Å²) in [6, 6.07) is 4.31. The molecule has 1 rings (SSSR count). The fourth-order valence-corrected chi connectivity index (χ4v) is 2.58. The second kappa shape index (κ2) is 8.92. The predicted molar refractivity (Wildman–Crippen MR) is 92.0 cm³/mol. The van der Waals surface area contributed by atoms with Gasteiger partial charge in [0.1, 0.15) is 5.75 Å². The Balaban J connectivity index is 2.68. The molecular formula is C19H30O4. The van der Waals surface area contributed by atoms with E-state index < -0.39 is 0 Å². The molecule has 0 saturated heterocycles. The maximum atomic E-state index is 11.6. The molecule has 0 fully saturated rings. The topological polar surface area (TPSA) is 55.8 Å².